The highest BCUT2D eigenvalue weighted by molar-refractivity contribution is 6.73. The molecule has 1 aliphatic rings. The molecule has 1 aliphatic carbocycles. The molecule has 0 aromatic heterocycles. The van der Waals surface area contributed by atoms with E-state index < -0.39 is 12.4 Å². The van der Waals surface area contributed by atoms with E-state index in [1.807, 2.05) is 0 Å². The molecule has 0 radical (unpaired) electrons. The normalized spacial score (nSPS) is 24.2. The molecular formula is C14H19BF3O-. The maximum absolute atomic E-state index is 12.7. The van der Waals surface area contributed by atoms with E-state index >= 15 is 0 Å². The number of benzene rings is 1. The number of hydrogen-bond acceptors (Lipinski definition) is 1. The lowest BCUT2D eigenvalue weighted by atomic mass is 9.80. The summed E-state index contributed by atoms with van der Waals surface area (Å²) < 4.78 is 43.7. The van der Waals surface area contributed by atoms with Crippen molar-refractivity contribution in [2.45, 2.75) is 45.1 Å². The lowest BCUT2D eigenvalue weighted by molar-refractivity contribution is 0.122. The summed E-state index contributed by atoms with van der Waals surface area (Å²) in [4.78, 5) is 0. The largest absolute Gasteiger partial charge is 0.509 e. The van der Waals surface area contributed by atoms with Crippen LogP contribution in [0.25, 0.3) is 0 Å². The summed E-state index contributed by atoms with van der Waals surface area (Å²) in [6, 6.07) is 5.25. The van der Waals surface area contributed by atoms with Crippen LogP contribution in [0.5, 0.6) is 5.75 Å². The SMILES string of the molecule is CCC1CCCC(Oc2cccc([B-](F)(F)F)c2)C1. The monoisotopic (exact) mass is 271 g/mol. The summed E-state index contributed by atoms with van der Waals surface area (Å²) >= 11 is 0. The van der Waals surface area contributed by atoms with Crippen molar-refractivity contribution in [2.75, 3.05) is 0 Å². The Morgan fingerprint density at radius 1 is 1.26 bits per heavy atom. The van der Waals surface area contributed by atoms with Crippen molar-refractivity contribution in [1.82, 2.24) is 0 Å². The molecular weight excluding hydrogens is 252 g/mol. The maximum Gasteiger partial charge on any atom is 0.509 e. The Bertz CT molecular complexity index is 419. The van der Waals surface area contributed by atoms with E-state index in [1.54, 1.807) is 6.07 Å². The minimum absolute atomic E-state index is 0.0645. The molecule has 19 heavy (non-hydrogen) atoms. The highest BCUT2D eigenvalue weighted by atomic mass is 19.4. The van der Waals surface area contributed by atoms with Crippen molar-refractivity contribution in [3.8, 4) is 5.75 Å². The van der Waals surface area contributed by atoms with E-state index in [-0.39, 0.29) is 6.10 Å². The quantitative estimate of drug-likeness (QED) is 0.749. The third kappa shape index (κ3) is 3.92. The molecule has 5 heteroatoms. The van der Waals surface area contributed by atoms with E-state index in [4.69, 9.17) is 4.74 Å². The van der Waals surface area contributed by atoms with Gasteiger partial charge in [-0.05, 0) is 37.3 Å². The zero-order valence-electron chi connectivity index (χ0n) is 11.1. The molecule has 106 valence electrons. The Morgan fingerprint density at radius 3 is 2.74 bits per heavy atom. The number of hydrogen-bond donors (Lipinski definition) is 0. The summed E-state index contributed by atoms with van der Waals surface area (Å²) in [5, 5.41) is 0. The summed E-state index contributed by atoms with van der Waals surface area (Å²) in [5.41, 5.74) is -0.583. The molecule has 2 rings (SSSR count). The van der Waals surface area contributed by atoms with E-state index in [9.17, 15) is 12.9 Å². The molecule has 0 spiro atoms. The van der Waals surface area contributed by atoms with Crippen molar-refractivity contribution in [3.63, 3.8) is 0 Å². The Balaban J connectivity index is 2.03. The van der Waals surface area contributed by atoms with Gasteiger partial charge >= 0.3 is 6.98 Å². The van der Waals surface area contributed by atoms with Gasteiger partial charge in [0.25, 0.3) is 0 Å². The molecule has 2 unspecified atom stereocenters. The second-order valence-electron chi connectivity index (χ2n) is 5.33. The summed E-state index contributed by atoms with van der Waals surface area (Å²) in [6.45, 7) is -2.80. The van der Waals surface area contributed by atoms with E-state index in [1.165, 1.54) is 12.5 Å². The highest BCUT2D eigenvalue weighted by Gasteiger charge is 2.26. The third-order valence-corrected chi connectivity index (χ3v) is 3.85. The second-order valence-corrected chi connectivity index (χ2v) is 5.33. The fourth-order valence-corrected chi connectivity index (χ4v) is 2.70. The van der Waals surface area contributed by atoms with Crippen LogP contribution in [0.2, 0.25) is 0 Å². The Morgan fingerprint density at radius 2 is 2.05 bits per heavy atom. The summed E-state index contributed by atoms with van der Waals surface area (Å²) in [5.74, 6) is 0.993. The van der Waals surface area contributed by atoms with Gasteiger partial charge in [0, 0.05) is 0 Å². The number of ether oxygens (including phenoxy) is 1. The lowest BCUT2D eigenvalue weighted by Crippen LogP contribution is -2.34. The van der Waals surface area contributed by atoms with Gasteiger partial charge in [0.2, 0.25) is 0 Å². The third-order valence-electron chi connectivity index (χ3n) is 3.85. The average Bonchev–Trinajstić information content (AvgIpc) is 2.38. The summed E-state index contributed by atoms with van der Waals surface area (Å²) in [7, 11) is 0. The second kappa shape index (κ2) is 5.89. The van der Waals surface area contributed by atoms with Crippen LogP contribution in [0.15, 0.2) is 24.3 Å². The predicted octanol–water partition coefficient (Wildman–Crippen LogP) is 4.09. The molecule has 1 saturated carbocycles. The van der Waals surface area contributed by atoms with Crippen molar-refractivity contribution >= 4 is 12.4 Å². The molecule has 0 amide bonds. The van der Waals surface area contributed by atoms with Crippen molar-refractivity contribution in [1.29, 1.82) is 0 Å². The molecule has 1 nitrogen and oxygen atoms in total. The predicted molar refractivity (Wildman–Crippen MR) is 71.8 cm³/mol. The van der Waals surface area contributed by atoms with Crippen LogP contribution < -0.4 is 10.2 Å². The first-order valence-corrected chi connectivity index (χ1v) is 6.95. The van der Waals surface area contributed by atoms with E-state index in [0.717, 1.165) is 37.8 Å². The topological polar surface area (TPSA) is 9.23 Å². The van der Waals surface area contributed by atoms with Crippen LogP contribution >= 0.6 is 0 Å². The molecule has 0 bridgehead atoms. The van der Waals surface area contributed by atoms with Crippen molar-refractivity contribution < 1.29 is 17.7 Å². The number of halogens is 3. The molecule has 2 atom stereocenters. The molecule has 0 heterocycles. The fourth-order valence-electron chi connectivity index (χ4n) is 2.70. The molecule has 1 fully saturated rings. The minimum Gasteiger partial charge on any atom is -0.491 e. The molecule has 1 aromatic rings. The van der Waals surface area contributed by atoms with Crippen LogP contribution in [-0.4, -0.2) is 13.1 Å². The van der Waals surface area contributed by atoms with Crippen LogP contribution in [0, 0.1) is 5.92 Å². The van der Waals surface area contributed by atoms with Crippen molar-refractivity contribution in [2.24, 2.45) is 5.92 Å². The number of rotatable bonds is 4. The van der Waals surface area contributed by atoms with Gasteiger partial charge in [0.1, 0.15) is 5.75 Å². The lowest BCUT2D eigenvalue weighted by Gasteiger charge is -2.29. The standard InChI is InChI=1S/C14H19BF3O/c1-2-11-5-3-7-13(9-11)19-14-8-4-6-12(10-14)15(16,17)18/h4,6,8,10-11,13H,2-3,5,7,9H2,1H3/q-1. The van der Waals surface area contributed by atoms with Gasteiger partial charge < -0.3 is 17.7 Å². The van der Waals surface area contributed by atoms with Gasteiger partial charge in [0.05, 0.1) is 6.10 Å². The van der Waals surface area contributed by atoms with Crippen molar-refractivity contribution in [3.05, 3.63) is 24.3 Å². The Labute approximate surface area is 112 Å². The minimum atomic E-state index is -4.95. The summed E-state index contributed by atoms with van der Waals surface area (Å²) in [6.07, 6.45) is 5.39. The average molecular weight is 271 g/mol. The fraction of sp³-hybridized carbons (Fsp3) is 0.571. The van der Waals surface area contributed by atoms with Gasteiger partial charge in [0.15, 0.2) is 0 Å². The van der Waals surface area contributed by atoms with Crippen LogP contribution in [0.3, 0.4) is 0 Å². The molecule has 0 saturated heterocycles. The molecule has 0 aliphatic heterocycles. The van der Waals surface area contributed by atoms with Gasteiger partial charge in [-0.2, -0.15) is 0 Å². The van der Waals surface area contributed by atoms with Gasteiger partial charge in [-0.25, -0.2) is 0 Å². The zero-order valence-corrected chi connectivity index (χ0v) is 11.1. The van der Waals surface area contributed by atoms with Gasteiger partial charge in [-0.15, -0.1) is 5.46 Å². The smallest absolute Gasteiger partial charge is 0.491 e. The molecule has 1 aromatic carbocycles. The van der Waals surface area contributed by atoms with Crippen LogP contribution in [0.1, 0.15) is 39.0 Å². The Hall–Kier alpha value is -1.13. The van der Waals surface area contributed by atoms with Gasteiger partial charge in [-0.1, -0.05) is 31.9 Å². The molecule has 0 N–H and O–H groups in total. The first-order valence-electron chi connectivity index (χ1n) is 6.95. The first-order chi connectivity index (χ1) is 8.99. The van der Waals surface area contributed by atoms with Crippen LogP contribution in [-0.2, 0) is 0 Å². The highest BCUT2D eigenvalue weighted by Crippen LogP contribution is 2.29. The zero-order chi connectivity index (χ0) is 13.9. The maximum atomic E-state index is 12.7. The first kappa shape index (κ1) is 14.3. The Kier molecular flexibility index (Phi) is 4.43. The van der Waals surface area contributed by atoms with Crippen LogP contribution in [0.4, 0.5) is 12.9 Å². The van der Waals surface area contributed by atoms with E-state index in [2.05, 4.69) is 6.92 Å². The van der Waals surface area contributed by atoms with Gasteiger partial charge in [-0.3, -0.25) is 0 Å². The van der Waals surface area contributed by atoms with E-state index in [0.29, 0.717) is 11.7 Å².